The van der Waals surface area contributed by atoms with Crippen LogP contribution in [0.2, 0.25) is 0 Å². The lowest BCUT2D eigenvalue weighted by Gasteiger charge is -2.36. The van der Waals surface area contributed by atoms with Crippen molar-refractivity contribution < 1.29 is 4.79 Å². The number of rotatable bonds is 8. The summed E-state index contributed by atoms with van der Waals surface area (Å²) in [4.78, 5) is 14.5. The number of likely N-dealkylation sites (tertiary alicyclic amines) is 1. The van der Waals surface area contributed by atoms with Crippen molar-refractivity contribution >= 4 is 5.91 Å². The number of hydrogen-bond donors (Lipinski definition) is 2. The quantitative estimate of drug-likeness (QED) is 0.670. The van der Waals surface area contributed by atoms with Crippen LogP contribution >= 0.6 is 0 Å². The Labute approximate surface area is 124 Å². The van der Waals surface area contributed by atoms with E-state index in [1.165, 1.54) is 12.8 Å². The van der Waals surface area contributed by atoms with E-state index in [-0.39, 0.29) is 11.9 Å². The van der Waals surface area contributed by atoms with Gasteiger partial charge in [-0.25, -0.2) is 0 Å². The number of carbonyl (C=O) groups excluding carboxylic acids is 1. The summed E-state index contributed by atoms with van der Waals surface area (Å²) in [6, 6.07) is 0.550. The Hall–Kier alpha value is -0.610. The number of amides is 1. The van der Waals surface area contributed by atoms with Gasteiger partial charge in [-0.05, 0) is 45.2 Å². The molecule has 0 aromatic rings. The second kappa shape index (κ2) is 9.35. The molecule has 0 radical (unpaired) electrons. The maximum atomic E-state index is 12.1. The van der Waals surface area contributed by atoms with Crippen LogP contribution in [0.4, 0.5) is 0 Å². The van der Waals surface area contributed by atoms with Gasteiger partial charge in [0.05, 0.1) is 6.04 Å². The van der Waals surface area contributed by atoms with Crippen molar-refractivity contribution in [3.05, 3.63) is 0 Å². The molecule has 4 heteroatoms. The molecule has 2 unspecified atom stereocenters. The van der Waals surface area contributed by atoms with Gasteiger partial charge >= 0.3 is 0 Å². The molecule has 0 aromatic carbocycles. The van der Waals surface area contributed by atoms with Crippen LogP contribution in [0.15, 0.2) is 0 Å². The highest BCUT2D eigenvalue weighted by atomic mass is 16.2. The molecule has 0 bridgehead atoms. The first-order valence-corrected chi connectivity index (χ1v) is 8.29. The Balaban J connectivity index is 2.35. The van der Waals surface area contributed by atoms with Crippen LogP contribution in [-0.4, -0.2) is 49.1 Å². The van der Waals surface area contributed by atoms with Gasteiger partial charge in [0.15, 0.2) is 0 Å². The van der Waals surface area contributed by atoms with Crippen molar-refractivity contribution in [1.82, 2.24) is 15.5 Å². The summed E-state index contributed by atoms with van der Waals surface area (Å²) in [6.45, 7) is 12.5. The molecule has 1 amide bonds. The Bertz CT molecular complexity index is 281. The molecule has 4 nitrogen and oxygen atoms in total. The zero-order chi connectivity index (χ0) is 15.0. The van der Waals surface area contributed by atoms with E-state index in [9.17, 15) is 4.79 Å². The standard InChI is InChI=1S/C16H33N3O/c1-5-6-9-17-16(20)14(4)19-10-7-8-15(12-19)11-18-13(2)3/h13-15,18H,5-12H2,1-4H3,(H,17,20). The first-order chi connectivity index (χ1) is 9.54. The summed E-state index contributed by atoms with van der Waals surface area (Å²) in [5.41, 5.74) is 0. The number of carbonyl (C=O) groups is 1. The highest BCUT2D eigenvalue weighted by molar-refractivity contribution is 5.81. The third-order valence-electron chi connectivity index (χ3n) is 4.12. The molecule has 20 heavy (non-hydrogen) atoms. The summed E-state index contributed by atoms with van der Waals surface area (Å²) in [7, 11) is 0. The summed E-state index contributed by atoms with van der Waals surface area (Å²) in [5, 5.41) is 6.57. The molecule has 0 aliphatic carbocycles. The fraction of sp³-hybridized carbons (Fsp3) is 0.938. The number of piperidine rings is 1. The molecule has 1 rings (SSSR count). The Morgan fingerprint density at radius 2 is 2.10 bits per heavy atom. The average Bonchev–Trinajstić information content (AvgIpc) is 2.44. The molecule has 0 spiro atoms. The highest BCUT2D eigenvalue weighted by Gasteiger charge is 2.27. The van der Waals surface area contributed by atoms with Crippen molar-refractivity contribution in [1.29, 1.82) is 0 Å². The van der Waals surface area contributed by atoms with Crippen molar-refractivity contribution in [3.8, 4) is 0 Å². The van der Waals surface area contributed by atoms with Crippen molar-refractivity contribution in [2.24, 2.45) is 5.92 Å². The van der Waals surface area contributed by atoms with Crippen LogP contribution < -0.4 is 10.6 Å². The molecular formula is C16H33N3O. The van der Waals surface area contributed by atoms with Crippen LogP contribution in [0.5, 0.6) is 0 Å². The van der Waals surface area contributed by atoms with Crippen molar-refractivity contribution in [3.63, 3.8) is 0 Å². The third-order valence-corrected chi connectivity index (χ3v) is 4.12. The minimum atomic E-state index is 0.00806. The average molecular weight is 283 g/mol. The van der Waals surface area contributed by atoms with Gasteiger partial charge in [-0.1, -0.05) is 27.2 Å². The van der Waals surface area contributed by atoms with Crippen molar-refractivity contribution in [2.75, 3.05) is 26.2 Å². The number of hydrogen-bond acceptors (Lipinski definition) is 3. The lowest BCUT2D eigenvalue weighted by molar-refractivity contribution is -0.126. The zero-order valence-corrected chi connectivity index (χ0v) is 13.7. The topological polar surface area (TPSA) is 44.4 Å². The van der Waals surface area contributed by atoms with E-state index in [1.54, 1.807) is 0 Å². The Morgan fingerprint density at radius 3 is 2.75 bits per heavy atom. The van der Waals surface area contributed by atoms with Gasteiger partial charge in [0.2, 0.25) is 5.91 Å². The fourth-order valence-corrected chi connectivity index (χ4v) is 2.72. The van der Waals surface area contributed by atoms with Crippen LogP contribution in [-0.2, 0) is 4.79 Å². The molecule has 1 heterocycles. The normalized spacial score (nSPS) is 21.9. The summed E-state index contributed by atoms with van der Waals surface area (Å²) in [5.74, 6) is 0.868. The van der Waals surface area contributed by atoms with Crippen LogP contribution in [0.1, 0.15) is 53.4 Å². The van der Waals surface area contributed by atoms with E-state index in [0.717, 1.165) is 39.0 Å². The summed E-state index contributed by atoms with van der Waals surface area (Å²) >= 11 is 0. The molecule has 118 valence electrons. The molecular weight excluding hydrogens is 250 g/mol. The van der Waals surface area contributed by atoms with Gasteiger partial charge in [0, 0.05) is 19.1 Å². The predicted octanol–water partition coefficient (Wildman–Crippen LogP) is 2.00. The Kier molecular flexibility index (Phi) is 8.15. The van der Waals surface area contributed by atoms with E-state index >= 15 is 0 Å². The van der Waals surface area contributed by atoms with Gasteiger partial charge < -0.3 is 10.6 Å². The molecule has 1 aliphatic heterocycles. The smallest absolute Gasteiger partial charge is 0.237 e. The lowest BCUT2D eigenvalue weighted by Crippen LogP contribution is -2.50. The molecule has 0 saturated carbocycles. The SMILES string of the molecule is CCCCNC(=O)C(C)N1CCCC(CNC(C)C)C1. The second-order valence-electron chi connectivity index (χ2n) is 6.39. The molecule has 2 atom stereocenters. The molecule has 0 aromatic heterocycles. The first kappa shape index (κ1) is 17.4. The molecule has 1 saturated heterocycles. The van der Waals surface area contributed by atoms with Crippen LogP contribution in [0, 0.1) is 5.92 Å². The highest BCUT2D eigenvalue weighted by Crippen LogP contribution is 2.18. The molecule has 1 fully saturated rings. The van der Waals surface area contributed by atoms with Gasteiger partial charge in [0.1, 0.15) is 0 Å². The minimum absolute atomic E-state index is 0.00806. The van der Waals surface area contributed by atoms with Crippen LogP contribution in [0.3, 0.4) is 0 Å². The third kappa shape index (κ3) is 6.23. The monoisotopic (exact) mass is 283 g/mol. The second-order valence-corrected chi connectivity index (χ2v) is 6.39. The largest absolute Gasteiger partial charge is 0.355 e. The van der Waals surface area contributed by atoms with Gasteiger partial charge in [-0.3, -0.25) is 9.69 Å². The first-order valence-electron chi connectivity index (χ1n) is 8.29. The summed E-state index contributed by atoms with van der Waals surface area (Å²) < 4.78 is 0. The number of nitrogens with one attached hydrogen (secondary N) is 2. The van der Waals surface area contributed by atoms with E-state index in [1.807, 2.05) is 6.92 Å². The lowest BCUT2D eigenvalue weighted by atomic mass is 9.96. The van der Waals surface area contributed by atoms with E-state index in [4.69, 9.17) is 0 Å². The van der Waals surface area contributed by atoms with Gasteiger partial charge in [0.25, 0.3) is 0 Å². The maximum absolute atomic E-state index is 12.1. The van der Waals surface area contributed by atoms with E-state index < -0.39 is 0 Å². The predicted molar refractivity (Wildman–Crippen MR) is 84.8 cm³/mol. The number of unbranched alkanes of at least 4 members (excludes halogenated alkanes) is 1. The summed E-state index contributed by atoms with van der Waals surface area (Å²) in [6.07, 6.45) is 4.68. The zero-order valence-electron chi connectivity index (χ0n) is 13.7. The minimum Gasteiger partial charge on any atom is -0.355 e. The molecule has 2 N–H and O–H groups in total. The number of nitrogens with zero attached hydrogens (tertiary/aromatic N) is 1. The van der Waals surface area contributed by atoms with E-state index in [2.05, 4.69) is 36.3 Å². The Morgan fingerprint density at radius 1 is 1.35 bits per heavy atom. The van der Waals surface area contributed by atoms with Crippen molar-refractivity contribution in [2.45, 2.75) is 65.5 Å². The van der Waals surface area contributed by atoms with E-state index in [0.29, 0.717) is 12.0 Å². The van der Waals surface area contributed by atoms with Crippen LogP contribution in [0.25, 0.3) is 0 Å². The maximum Gasteiger partial charge on any atom is 0.237 e. The van der Waals surface area contributed by atoms with Gasteiger partial charge in [-0.15, -0.1) is 0 Å². The van der Waals surface area contributed by atoms with Gasteiger partial charge in [-0.2, -0.15) is 0 Å². The fourth-order valence-electron chi connectivity index (χ4n) is 2.72. The molecule has 1 aliphatic rings.